The standard InChI is InChI=1S/C16H13BrN2O2S2/c17-14-6-5-12(22-14)15(20)21-10-3-4-11-13(9-10)23-16(18-11)19-7-1-2-8-19/h3-6,9H,1-2,7-8H2. The molecule has 3 heterocycles. The number of benzene rings is 1. The average Bonchev–Trinajstić information content (AvgIpc) is 3.26. The molecule has 118 valence electrons. The molecule has 0 radical (unpaired) electrons. The number of esters is 1. The van der Waals surface area contributed by atoms with Crippen LogP contribution in [0.5, 0.6) is 5.75 Å². The summed E-state index contributed by atoms with van der Waals surface area (Å²) in [6, 6.07) is 9.21. The highest BCUT2D eigenvalue weighted by atomic mass is 79.9. The van der Waals surface area contributed by atoms with Gasteiger partial charge in [0.25, 0.3) is 0 Å². The maximum atomic E-state index is 12.1. The molecule has 0 aliphatic carbocycles. The number of nitrogens with zero attached hydrogens (tertiary/aromatic N) is 2. The van der Waals surface area contributed by atoms with Crippen molar-refractivity contribution in [3.8, 4) is 5.75 Å². The molecule has 2 aromatic heterocycles. The molecule has 1 aliphatic rings. The minimum absolute atomic E-state index is 0.329. The van der Waals surface area contributed by atoms with Crippen LogP contribution in [0.15, 0.2) is 34.1 Å². The van der Waals surface area contributed by atoms with Gasteiger partial charge in [0.05, 0.1) is 14.0 Å². The van der Waals surface area contributed by atoms with E-state index in [1.54, 1.807) is 23.5 Å². The Balaban J connectivity index is 1.57. The molecule has 4 nitrogen and oxygen atoms in total. The van der Waals surface area contributed by atoms with Gasteiger partial charge < -0.3 is 9.64 Å². The Hall–Kier alpha value is -1.44. The van der Waals surface area contributed by atoms with Gasteiger partial charge in [-0.1, -0.05) is 11.3 Å². The van der Waals surface area contributed by atoms with Crippen LogP contribution in [0.3, 0.4) is 0 Å². The third-order valence-electron chi connectivity index (χ3n) is 3.71. The van der Waals surface area contributed by atoms with Gasteiger partial charge in [-0.15, -0.1) is 11.3 Å². The zero-order chi connectivity index (χ0) is 15.8. The van der Waals surface area contributed by atoms with Crippen LogP contribution >= 0.6 is 38.6 Å². The van der Waals surface area contributed by atoms with Gasteiger partial charge in [-0.05, 0) is 53.0 Å². The van der Waals surface area contributed by atoms with E-state index in [4.69, 9.17) is 4.74 Å². The number of anilines is 1. The monoisotopic (exact) mass is 408 g/mol. The average molecular weight is 409 g/mol. The van der Waals surface area contributed by atoms with E-state index in [9.17, 15) is 4.79 Å². The number of rotatable bonds is 3. The van der Waals surface area contributed by atoms with Crippen LogP contribution in [-0.2, 0) is 0 Å². The number of hydrogen-bond donors (Lipinski definition) is 0. The number of thiazole rings is 1. The van der Waals surface area contributed by atoms with Crippen molar-refractivity contribution in [3.05, 3.63) is 39.0 Å². The second-order valence-corrected chi connectivity index (χ2v) is 8.79. The van der Waals surface area contributed by atoms with Gasteiger partial charge in [0.15, 0.2) is 5.13 Å². The number of aromatic nitrogens is 1. The van der Waals surface area contributed by atoms with E-state index in [1.165, 1.54) is 24.2 Å². The summed E-state index contributed by atoms with van der Waals surface area (Å²) in [5, 5.41) is 1.06. The third-order valence-corrected chi connectivity index (χ3v) is 6.39. The largest absolute Gasteiger partial charge is 0.422 e. The molecule has 4 rings (SSSR count). The molecule has 0 unspecified atom stereocenters. The fourth-order valence-corrected chi connectivity index (χ4v) is 4.89. The minimum Gasteiger partial charge on any atom is -0.422 e. The Morgan fingerprint density at radius 2 is 2.00 bits per heavy atom. The highest BCUT2D eigenvalue weighted by Gasteiger charge is 2.17. The van der Waals surface area contributed by atoms with Crippen LogP contribution < -0.4 is 9.64 Å². The summed E-state index contributed by atoms with van der Waals surface area (Å²) in [6.45, 7) is 2.16. The van der Waals surface area contributed by atoms with E-state index in [0.717, 1.165) is 32.2 Å². The van der Waals surface area contributed by atoms with Crippen LogP contribution in [0, 0.1) is 0 Å². The Morgan fingerprint density at radius 3 is 2.74 bits per heavy atom. The summed E-state index contributed by atoms with van der Waals surface area (Å²) in [5.74, 6) is 0.230. The van der Waals surface area contributed by atoms with Gasteiger partial charge >= 0.3 is 5.97 Å². The summed E-state index contributed by atoms with van der Waals surface area (Å²) >= 11 is 6.37. The highest BCUT2D eigenvalue weighted by Crippen LogP contribution is 2.33. The molecule has 3 aromatic rings. The number of hydrogen-bond acceptors (Lipinski definition) is 6. The van der Waals surface area contributed by atoms with Gasteiger partial charge in [-0.25, -0.2) is 9.78 Å². The first kappa shape index (κ1) is 15.1. The lowest BCUT2D eigenvalue weighted by atomic mass is 10.3. The van der Waals surface area contributed by atoms with E-state index >= 15 is 0 Å². The number of fused-ring (bicyclic) bond motifs is 1. The molecule has 7 heteroatoms. The van der Waals surface area contributed by atoms with Crippen molar-refractivity contribution in [2.24, 2.45) is 0 Å². The van der Waals surface area contributed by atoms with Crippen LogP contribution in [-0.4, -0.2) is 24.0 Å². The fraction of sp³-hybridized carbons (Fsp3) is 0.250. The van der Waals surface area contributed by atoms with Gasteiger partial charge in [-0.3, -0.25) is 0 Å². The number of carbonyl (C=O) groups excluding carboxylic acids is 1. The second kappa shape index (κ2) is 6.22. The van der Waals surface area contributed by atoms with Crippen molar-refractivity contribution in [2.45, 2.75) is 12.8 Å². The summed E-state index contributed by atoms with van der Waals surface area (Å²) in [6.07, 6.45) is 2.46. The molecule has 0 N–H and O–H groups in total. The van der Waals surface area contributed by atoms with E-state index in [-0.39, 0.29) is 5.97 Å². The van der Waals surface area contributed by atoms with Crippen molar-refractivity contribution >= 4 is 59.9 Å². The van der Waals surface area contributed by atoms with Gasteiger partial charge in [0.2, 0.25) is 0 Å². The molecule has 0 atom stereocenters. The van der Waals surface area contributed by atoms with Gasteiger partial charge in [-0.2, -0.15) is 0 Å². The lowest BCUT2D eigenvalue weighted by Gasteiger charge is -2.11. The Bertz CT molecular complexity index is 868. The van der Waals surface area contributed by atoms with Crippen LogP contribution in [0.25, 0.3) is 10.2 Å². The third kappa shape index (κ3) is 3.13. The molecular weight excluding hydrogens is 396 g/mol. The molecule has 0 saturated carbocycles. The topological polar surface area (TPSA) is 42.4 Å². The van der Waals surface area contributed by atoms with Crippen molar-refractivity contribution in [1.29, 1.82) is 0 Å². The smallest absolute Gasteiger partial charge is 0.353 e. The zero-order valence-electron chi connectivity index (χ0n) is 12.1. The molecule has 1 fully saturated rings. The maximum Gasteiger partial charge on any atom is 0.353 e. The highest BCUT2D eigenvalue weighted by molar-refractivity contribution is 9.11. The quantitative estimate of drug-likeness (QED) is 0.454. The van der Waals surface area contributed by atoms with Crippen molar-refractivity contribution in [1.82, 2.24) is 4.98 Å². The first-order valence-electron chi connectivity index (χ1n) is 7.32. The molecule has 0 amide bonds. The van der Waals surface area contributed by atoms with E-state index in [1.807, 2.05) is 18.2 Å². The Morgan fingerprint density at radius 1 is 1.17 bits per heavy atom. The van der Waals surface area contributed by atoms with Crippen molar-refractivity contribution in [2.75, 3.05) is 18.0 Å². The number of carbonyl (C=O) groups is 1. The number of halogens is 1. The summed E-state index contributed by atoms with van der Waals surface area (Å²) in [7, 11) is 0. The predicted octanol–water partition coefficient (Wildman–Crippen LogP) is 4.94. The molecule has 0 spiro atoms. The lowest BCUT2D eigenvalue weighted by Crippen LogP contribution is -2.16. The summed E-state index contributed by atoms with van der Waals surface area (Å²) < 4.78 is 7.43. The molecule has 1 aliphatic heterocycles. The first-order chi connectivity index (χ1) is 11.2. The maximum absolute atomic E-state index is 12.1. The van der Waals surface area contributed by atoms with Gasteiger partial charge in [0, 0.05) is 19.2 Å². The zero-order valence-corrected chi connectivity index (χ0v) is 15.3. The first-order valence-corrected chi connectivity index (χ1v) is 9.75. The Labute approximate surface area is 149 Å². The van der Waals surface area contributed by atoms with E-state index in [0.29, 0.717) is 10.6 Å². The molecule has 1 saturated heterocycles. The van der Waals surface area contributed by atoms with Crippen LogP contribution in [0.1, 0.15) is 22.5 Å². The van der Waals surface area contributed by atoms with Gasteiger partial charge in [0.1, 0.15) is 10.6 Å². The lowest BCUT2D eigenvalue weighted by molar-refractivity contribution is 0.0740. The SMILES string of the molecule is O=C(Oc1ccc2nc(N3CCCC3)sc2c1)c1ccc(Br)s1. The van der Waals surface area contributed by atoms with E-state index < -0.39 is 0 Å². The molecule has 1 aromatic carbocycles. The normalized spacial score (nSPS) is 14.6. The number of ether oxygens (including phenoxy) is 1. The molecular formula is C16H13BrN2O2S2. The van der Waals surface area contributed by atoms with Crippen LogP contribution in [0.2, 0.25) is 0 Å². The molecule has 0 bridgehead atoms. The van der Waals surface area contributed by atoms with Crippen molar-refractivity contribution < 1.29 is 9.53 Å². The Kier molecular flexibility index (Phi) is 4.09. The van der Waals surface area contributed by atoms with Crippen molar-refractivity contribution in [3.63, 3.8) is 0 Å². The van der Waals surface area contributed by atoms with E-state index in [2.05, 4.69) is 25.8 Å². The predicted molar refractivity (Wildman–Crippen MR) is 98.0 cm³/mol. The summed E-state index contributed by atoms with van der Waals surface area (Å²) in [4.78, 5) is 19.7. The summed E-state index contributed by atoms with van der Waals surface area (Å²) in [5.41, 5.74) is 0.954. The second-order valence-electron chi connectivity index (χ2n) is 5.31. The fourth-order valence-electron chi connectivity index (χ4n) is 2.58. The number of thiophene rings is 1. The van der Waals surface area contributed by atoms with Crippen LogP contribution in [0.4, 0.5) is 5.13 Å². The molecule has 23 heavy (non-hydrogen) atoms. The minimum atomic E-state index is -0.329.